The zero-order chi connectivity index (χ0) is 12.3. The minimum absolute atomic E-state index is 0.972. The Labute approximate surface area is 94.0 Å². The molecule has 0 unspecified atom stereocenters. The minimum Gasteiger partial charge on any atom is -0.545 e. The van der Waals surface area contributed by atoms with Crippen LogP contribution in [0, 0.1) is 0 Å². The summed E-state index contributed by atoms with van der Waals surface area (Å²) in [5.41, 5.74) is 0. The summed E-state index contributed by atoms with van der Waals surface area (Å²) < 4.78 is 1.28. The molecule has 0 amide bonds. The summed E-state index contributed by atoms with van der Waals surface area (Å²) >= 11 is 0. The average molecular weight is 215 g/mol. The molecule has 3 heteroatoms. The molecule has 0 aliphatic heterocycles. The molecule has 0 aromatic carbocycles. The van der Waals surface area contributed by atoms with Gasteiger partial charge >= 0.3 is 0 Å². The van der Waals surface area contributed by atoms with Crippen molar-refractivity contribution in [2.45, 2.75) is 34.6 Å². The van der Waals surface area contributed by atoms with Crippen molar-refractivity contribution in [3.8, 4) is 0 Å². The topological polar surface area (TPSA) is 40.1 Å². The summed E-state index contributed by atoms with van der Waals surface area (Å²) in [6.45, 7) is 15.8. The van der Waals surface area contributed by atoms with Crippen molar-refractivity contribution in [2.75, 3.05) is 26.2 Å². The van der Waals surface area contributed by atoms with Crippen molar-refractivity contribution in [1.82, 2.24) is 0 Å². The number of aliphatic carboxylic acids is 1. The van der Waals surface area contributed by atoms with E-state index in [9.17, 15) is 9.90 Å². The average Bonchev–Trinajstić information content (AvgIpc) is 2.23. The standard InChI is InChI=1S/C8H20N.C4H6O2/c1-5-9(6-2,7-3)8-4;1-2-3-4(5)6/h5-8H2,1-4H3;2-3H,1H3,(H,5,6)/q+1;/p-1. The molecule has 0 bridgehead atoms. The monoisotopic (exact) mass is 215 g/mol. The van der Waals surface area contributed by atoms with Crippen LogP contribution in [0.2, 0.25) is 0 Å². The summed E-state index contributed by atoms with van der Waals surface area (Å²) in [6.07, 6.45) is 2.38. The predicted molar refractivity (Wildman–Crippen MR) is 62.2 cm³/mol. The van der Waals surface area contributed by atoms with Gasteiger partial charge in [0.1, 0.15) is 0 Å². The second kappa shape index (κ2) is 9.71. The van der Waals surface area contributed by atoms with Gasteiger partial charge in [0, 0.05) is 0 Å². The van der Waals surface area contributed by atoms with E-state index in [1.54, 1.807) is 6.92 Å². The SMILES string of the molecule is CC=CC(=O)[O-].CC[N+](CC)(CC)CC. The quantitative estimate of drug-likeness (QED) is 0.510. The van der Waals surface area contributed by atoms with Gasteiger partial charge in [0.2, 0.25) is 0 Å². The molecule has 3 nitrogen and oxygen atoms in total. The second-order valence-corrected chi connectivity index (χ2v) is 3.43. The van der Waals surface area contributed by atoms with Crippen molar-refractivity contribution in [3.63, 3.8) is 0 Å². The number of carboxylic acids is 1. The van der Waals surface area contributed by atoms with Crippen LogP contribution in [0.4, 0.5) is 0 Å². The molecular weight excluding hydrogens is 190 g/mol. The zero-order valence-corrected chi connectivity index (χ0v) is 10.7. The fraction of sp³-hybridized carbons (Fsp3) is 0.750. The number of hydrogen-bond acceptors (Lipinski definition) is 2. The third-order valence-corrected chi connectivity index (χ3v) is 2.99. The summed E-state index contributed by atoms with van der Waals surface area (Å²) in [5.74, 6) is -1.14. The second-order valence-electron chi connectivity index (χ2n) is 3.43. The van der Waals surface area contributed by atoms with Gasteiger partial charge in [0.25, 0.3) is 0 Å². The number of nitrogens with zero attached hydrogens (tertiary/aromatic N) is 1. The first-order valence-corrected chi connectivity index (χ1v) is 5.70. The van der Waals surface area contributed by atoms with Gasteiger partial charge < -0.3 is 14.4 Å². The van der Waals surface area contributed by atoms with Gasteiger partial charge in [-0.15, -0.1) is 0 Å². The molecular formula is C12H25NO2. The normalized spacial score (nSPS) is 11.0. The molecule has 0 heterocycles. The van der Waals surface area contributed by atoms with Gasteiger partial charge in [-0.3, -0.25) is 0 Å². The van der Waals surface area contributed by atoms with E-state index in [0.717, 1.165) is 6.08 Å². The Kier molecular flexibility index (Phi) is 10.7. The van der Waals surface area contributed by atoms with E-state index in [4.69, 9.17) is 0 Å². The summed E-state index contributed by atoms with van der Waals surface area (Å²) in [7, 11) is 0. The number of allylic oxidation sites excluding steroid dienone is 1. The van der Waals surface area contributed by atoms with Crippen LogP contribution >= 0.6 is 0 Å². The van der Waals surface area contributed by atoms with Crippen LogP contribution < -0.4 is 5.11 Å². The van der Waals surface area contributed by atoms with Crippen molar-refractivity contribution >= 4 is 5.97 Å². The highest BCUT2D eigenvalue weighted by Crippen LogP contribution is 2.03. The van der Waals surface area contributed by atoms with E-state index in [0.29, 0.717) is 0 Å². The van der Waals surface area contributed by atoms with E-state index in [1.807, 2.05) is 0 Å². The maximum Gasteiger partial charge on any atom is 0.0757 e. The van der Waals surface area contributed by atoms with E-state index >= 15 is 0 Å². The number of carbonyl (C=O) groups excluding carboxylic acids is 1. The highest BCUT2D eigenvalue weighted by atomic mass is 16.4. The van der Waals surface area contributed by atoms with E-state index < -0.39 is 5.97 Å². The van der Waals surface area contributed by atoms with Crippen LogP contribution in [0.5, 0.6) is 0 Å². The molecule has 0 aromatic heterocycles. The third-order valence-electron chi connectivity index (χ3n) is 2.99. The number of quaternary nitrogens is 1. The van der Waals surface area contributed by atoms with Crippen LogP contribution in [0.25, 0.3) is 0 Å². The third kappa shape index (κ3) is 8.18. The molecule has 0 aliphatic carbocycles. The molecule has 90 valence electrons. The Bertz CT molecular complexity index is 167. The highest BCUT2D eigenvalue weighted by molar-refractivity contribution is 5.77. The smallest absolute Gasteiger partial charge is 0.0757 e. The van der Waals surface area contributed by atoms with Crippen LogP contribution in [-0.2, 0) is 4.79 Å². The Morgan fingerprint density at radius 1 is 1.07 bits per heavy atom. The Hall–Kier alpha value is -0.830. The van der Waals surface area contributed by atoms with Gasteiger partial charge in [0.05, 0.1) is 32.1 Å². The fourth-order valence-electron chi connectivity index (χ4n) is 1.48. The lowest BCUT2D eigenvalue weighted by atomic mass is 10.3. The van der Waals surface area contributed by atoms with Crippen molar-refractivity contribution in [1.29, 1.82) is 0 Å². The van der Waals surface area contributed by atoms with Gasteiger partial charge in [-0.1, -0.05) is 6.08 Å². The molecule has 0 aromatic rings. The summed E-state index contributed by atoms with van der Waals surface area (Å²) in [5, 5.41) is 9.40. The molecule has 0 saturated carbocycles. The molecule has 0 atom stereocenters. The molecule has 15 heavy (non-hydrogen) atoms. The molecule has 0 N–H and O–H groups in total. The lowest BCUT2D eigenvalue weighted by Gasteiger charge is -2.34. The van der Waals surface area contributed by atoms with Gasteiger partial charge in [0.15, 0.2) is 0 Å². The number of carboxylic acid groups (broad SMARTS) is 1. The first-order chi connectivity index (χ1) is 7.01. The largest absolute Gasteiger partial charge is 0.545 e. The van der Waals surface area contributed by atoms with E-state index in [1.165, 1.54) is 36.7 Å². The Balaban J connectivity index is 0. The maximum atomic E-state index is 9.40. The van der Waals surface area contributed by atoms with Gasteiger partial charge in [-0.2, -0.15) is 0 Å². The fourth-order valence-corrected chi connectivity index (χ4v) is 1.48. The molecule has 0 fully saturated rings. The molecule has 0 radical (unpaired) electrons. The summed E-state index contributed by atoms with van der Waals surface area (Å²) in [4.78, 5) is 9.40. The van der Waals surface area contributed by atoms with Gasteiger partial charge in [-0.25, -0.2) is 0 Å². The van der Waals surface area contributed by atoms with Crippen molar-refractivity contribution < 1.29 is 14.4 Å². The zero-order valence-electron chi connectivity index (χ0n) is 10.7. The molecule has 0 rings (SSSR count). The first kappa shape index (κ1) is 16.6. The number of hydrogen-bond donors (Lipinski definition) is 0. The van der Waals surface area contributed by atoms with Crippen LogP contribution in [0.15, 0.2) is 12.2 Å². The molecule has 0 saturated heterocycles. The van der Waals surface area contributed by atoms with Crippen LogP contribution in [0.3, 0.4) is 0 Å². The summed E-state index contributed by atoms with van der Waals surface area (Å²) in [6, 6.07) is 0. The van der Waals surface area contributed by atoms with E-state index in [-0.39, 0.29) is 0 Å². The first-order valence-electron chi connectivity index (χ1n) is 5.70. The highest BCUT2D eigenvalue weighted by Gasteiger charge is 2.16. The number of rotatable bonds is 5. The van der Waals surface area contributed by atoms with Crippen molar-refractivity contribution in [2.24, 2.45) is 0 Å². The minimum atomic E-state index is -1.14. The lowest BCUT2D eigenvalue weighted by molar-refractivity contribution is -0.921. The van der Waals surface area contributed by atoms with Crippen molar-refractivity contribution in [3.05, 3.63) is 12.2 Å². The molecule has 0 spiro atoms. The van der Waals surface area contributed by atoms with Gasteiger partial charge in [-0.05, 0) is 40.7 Å². The van der Waals surface area contributed by atoms with E-state index in [2.05, 4.69) is 27.7 Å². The van der Waals surface area contributed by atoms with Crippen LogP contribution in [-0.4, -0.2) is 36.6 Å². The number of carbonyl (C=O) groups is 1. The maximum absolute atomic E-state index is 9.40. The Morgan fingerprint density at radius 2 is 1.40 bits per heavy atom. The Morgan fingerprint density at radius 3 is 1.40 bits per heavy atom. The molecule has 0 aliphatic rings. The predicted octanol–water partition coefficient (Wildman–Crippen LogP) is 1.20. The van der Waals surface area contributed by atoms with Crippen LogP contribution in [0.1, 0.15) is 34.6 Å². The lowest BCUT2D eigenvalue weighted by Crippen LogP contribution is -2.47.